The Morgan fingerprint density at radius 1 is 1.06 bits per heavy atom. The minimum Gasteiger partial charge on any atom is -0.330 e. The van der Waals surface area contributed by atoms with Gasteiger partial charge in [0.05, 0.1) is 0 Å². The predicted molar refractivity (Wildman–Crippen MR) is 77.7 cm³/mol. The van der Waals surface area contributed by atoms with Crippen LogP contribution in [-0.4, -0.2) is 55.1 Å². The van der Waals surface area contributed by atoms with Crippen LogP contribution < -0.4 is 5.73 Å². The molecule has 0 radical (unpaired) electrons. The summed E-state index contributed by atoms with van der Waals surface area (Å²) in [6, 6.07) is 0.956. The smallest absolute Gasteiger partial charge is 0.0113 e. The number of hydrogen-bond donors (Lipinski definition) is 1. The second-order valence-corrected chi connectivity index (χ2v) is 6.93. The van der Waals surface area contributed by atoms with Gasteiger partial charge in [-0.25, -0.2) is 0 Å². The molecule has 0 aromatic heterocycles. The zero-order valence-electron chi connectivity index (χ0n) is 12.3. The summed E-state index contributed by atoms with van der Waals surface area (Å²) in [4.78, 5) is 5.34. The maximum absolute atomic E-state index is 5.76. The van der Waals surface area contributed by atoms with Gasteiger partial charge >= 0.3 is 0 Å². The van der Waals surface area contributed by atoms with Crippen molar-refractivity contribution < 1.29 is 0 Å². The van der Waals surface area contributed by atoms with Gasteiger partial charge in [-0.1, -0.05) is 20.3 Å². The summed E-state index contributed by atoms with van der Waals surface area (Å²) in [7, 11) is 0. The van der Waals surface area contributed by atoms with E-state index in [-0.39, 0.29) is 0 Å². The highest BCUT2D eigenvalue weighted by molar-refractivity contribution is 4.87. The van der Waals surface area contributed by atoms with E-state index in [0.29, 0.717) is 5.41 Å². The molecule has 1 aliphatic carbocycles. The lowest BCUT2D eigenvalue weighted by atomic mass is 9.87. The van der Waals surface area contributed by atoms with Crippen LogP contribution in [0.3, 0.4) is 0 Å². The lowest BCUT2D eigenvalue weighted by Gasteiger charge is -2.35. The highest BCUT2D eigenvalue weighted by atomic mass is 15.3. The fourth-order valence-electron chi connectivity index (χ4n) is 2.83. The van der Waals surface area contributed by atoms with E-state index in [1.807, 2.05) is 0 Å². The van der Waals surface area contributed by atoms with E-state index < -0.39 is 0 Å². The molecule has 0 spiro atoms. The van der Waals surface area contributed by atoms with Crippen molar-refractivity contribution in [1.82, 2.24) is 9.80 Å². The van der Waals surface area contributed by atoms with Crippen LogP contribution in [0.2, 0.25) is 0 Å². The Bertz CT molecular complexity index is 240. The highest BCUT2D eigenvalue weighted by Crippen LogP contribution is 2.27. The molecule has 1 saturated heterocycles. The van der Waals surface area contributed by atoms with Crippen LogP contribution in [-0.2, 0) is 0 Å². The minimum atomic E-state index is 0.338. The fraction of sp³-hybridized carbons (Fsp3) is 1.00. The monoisotopic (exact) mass is 253 g/mol. The molecule has 18 heavy (non-hydrogen) atoms. The van der Waals surface area contributed by atoms with Crippen molar-refractivity contribution in [3.05, 3.63) is 0 Å². The van der Waals surface area contributed by atoms with Crippen LogP contribution >= 0.6 is 0 Å². The van der Waals surface area contributed by atoms with Gasteiger partial charge in [0.2, 0.25) is 0 Å². The summed E-state index contributed by atoms with van der Waals surface area (Å²) in [5.74, 6) is 0. The normalized spacial score (nSPS) is 23.5. The summed E-state index contributed by atoms with van der Waals surface area (Å²) in [6.45, 7) is 11.8. The third kappa shape index (κ3) is 4.52. The summed E-state index contributed by atoms with van der Waals surface area (Å²) < 4.78 is 0. The first-order valence-corrected chi connectivity index (χ1v) is 7.77. The van der Waals surface area contributed by atoms with Gasteiger partial charge in [-0.05, 0) is 44.2 Å². The molecule has 106 valence electrons. The van der Waals surface area contributed by atoms with E-state index in [1.165, 1.54) is 64.8 Å². The number of hydrogen-bond acceptors (Lipinski definition) is 3. The molecule has 2 rings (SSSR count). The molecule has 1 saturated carbocycles. The minimum absolute atomic E-state index is 0.338. The Kier molecular flexibility index (Phi) is 5.05. The highest BCUT2D eigenvalue weighted by Gasteiger charge is 2.30. The molecular weight excluding hydrogens is 222 g/mol. The lowest BCUT2D eigenvalue weighted by Crippen LogP contribution is -2.47. The molecule has 2 fully saturated rings. The van der Waals surface area contributed by atoms with Crippen molar-refractivity contribution in [2.24, 2.45) is 11.1 Å². The Morgan fingerprint density at radius 3 is 2.28 bits per heavy atom. The van der Waals surface area contributed by atoms with Crippen molar-refractivity contribution in [3.63, 3.8) is 0 Å². The van der Waals surface area contributed by atoms with Crippen molar-refractivity contribution in [2.45, 2.75) is 52.0 Å². The average Bonchev–Trinajstić information content (AvgIpc) is 3.20. The molecule has 2 N–H and O–H groups in total. The maximum atomic E-state index is 5.76. The maximum Gasteiger partial charge on any atom is 0.0113 e. The lowest BCUT2D eigenvalue weighted by molar-refractivity contribution is 0.124. The molecule has 0 aromatic rings. The molecule has 3 nitrogen and oxygen atoms in total. The van der Waals surface area contributed by atoms with E-state index in [4.69, 9.17) is 5.73 Å². The van der Waals surface area contributed by atoms with Gasteiger partial charge in [-0.15, -0.1) is 0 Å². The number of rotatable bonds is 7. The Labute approximate surface area is 113 Å². The quantitative estimate of drug-likeness (QED) is 0.704. The summed E-state index contributed by atoms with van der Waals surface area (Å²) >= 11 is 0. The van der Waals surface area contributed by atoms with Gasteiger partial charge < -0.3 is 10.6 Å². The molecule has 0 amide bonds. The molecule has 1 aliphatic heterocycles. The largest absolute Gasteiger partial charge is 0.330 e. The first kappa shape index (κ1) is 14.3. The van der Waals surface area contributed by atoms with Crippen LogP contribution in [0.5, 0.6) is 0 Å². The van der Waals surface area contributed by atoms with E-state index >= 15 is 0 Å². The van der Waals surface area contributed by atoms with Gasteiger partial charge in [0.25, 0.3) is 0 Å². The summed E-state index contributed by atoms with van der Waals surface area (Å²) in [6.07, 6.45) is 6.84. The van der Waals surface area contributed by atoms with Gasteiger partial charge in [0, 0.05) is 32.2 Å². The third-order valence-corrected chi connectivity index (χ3v) is 4.60. The van der Waals surface area contributed by atoms with Crippen molar-refractivity contribution in [1.29, 1.82) is 0 Å². The van der Waals surface area contributed by atoms with E-state index in [1.54, 1.807) is 0 Å². The molecule has 3 heteroatoms. The Morgan fingerprint density at radius 2 is 1.72 bits per heavy atom. The zero-order chi connectivity index (χ0) is 13.0. The van der Waals surface area contributed by atoms with Gasteiger partial charge in [0.15, 0.2) is 0 Å². The van der Waals surface area contributed by atoms with E-state index in [9.17, 15) is 0 Å². The first-order chi connectivity index (χ1) is 8.61. The van der Waals surface area contributed by atoms with Gasteiger partial charge in [0.1, 0.15) is 0 Å². The van der Waals surface area contributed by atoms with E-state index in [2.05, 4.69) is 23.6 Å². The molecule has 0 atom stereocenters. The Hall–Kier alpha value is -0.120. The SMILES string of the molecule is CC(C)(CN)CCCCN1CCN(C2CC2)CC1. The number of nitrogens with zero attached hydrogens (tertiary/aromatic N) is 2. The van der Waals surface area contributed by atoms with E-state index in [0.717, 1.165) is 12.6 Å². The number of piperazine rings is 1. The summed E-state index contributed by atoms with van der Waals surface area (Å²) in [5.41, 5.74) is 6.10. The molecule has 0 unspecified atom stereocenters. The molecular formula is C15H31N3. The van der Waals surface area contributed by atoms with Gasteiger partial charge in [-0.3, -0.25) is 4.90 Å². The summed E-state index contributed by atoms with van der Waals surface area (Å²) in [5, 5.41) is 0. The topological polar surface area (TPSA) is 32.5 Å². The van der Waals surface area contributed by atoms with Crippen LogP contribution in [0.25, 0.3) is 0 Å². The molecule has 1 heterocycles. The molecule has 2 aliphatic rings. The number of nitrogens with two attached hydrogens (primary N) is 1. The standard InChI is InChI=1S/C15H31N3/c1-15(2,13-16)7-3-4-8-17-9-11-18(12-10-17)14-5-6-14/h14H,3-13,16H2,1-2H3. The van der Waals surface area contributed by atoms with Crippen LogP contribution in [0.15, 0.2) is 0 Å². The first-order valence-electron chi connectivity index (χ1n) is 7.77. The third-order valence-electron chi connectivity index (χ3n) is 4.60. The fourth-order valence-corrected chi connectivity index (χ4v) is 2.83. The van der Waals surface area contributed by atoms with Crippen molar-refractivity contribution >= 4 is 0 Å². The van der Waals surface area contributed by atoms with Crippen LogP contribution in [0, 0.1) is 5.41 Å². The average molecular weight is 253 g/mol. The second kappa shape index (κ2) is 6.36. The predicted octanol–water partition coefficient (Wildman–Crippen LogP) is 1.92. The second-order valence-electron chi connectivity index (χ2n) is 6.93. The van der Waals surface area contributed by atoms with Crippen molar-refractivity contribution in [3.8, 4) is 0 Å². The van der Waals surface area contributed by atoms with Crippen molar-refractivity contribution in [2.75, 3.05) is 39.3 Å². The van der Waals surface area contributed by atoms with Crippen LogP contribution in [0.1, 0.15) is 46.0 Å². The molecule has 0 bridgehead atoms. The van der Waals surface area contributed by atoms with Gasteiger partial charge in [-0.2, -0.15) is 0 Å². The number of unbranched alkanes of at least 4 members (excludes halogenated alkanes) is 1. The Balaban J connectivity index is 1.52. The zero-order valence-corrected chi connectivity index (χ0v) is 12.3. The molecule has 0 aromatic carbocycles. The van der Waals surface area contributed by atoms with Crippen LogP contribution in [0.4, 0.5) is 0 Å².